The van der Waals surface area contributed by atoms with Crippen molar-refractivity contribution in [3.8, 4) is 5.75 Å². The molecule has 0 N–H and O–H groups in total. The second-order valence-corrected chi connectivity index (χ2v) is 10.8. The molecule has 190 valence electrons. The van der Waals surface area contributed by atoms with Crippen LogP contribution >= 0.6 is 0 Å². The molecule has 1 saturated heterocycles. The average molecular weight is 485 g/mol. The van der Waals surface area contributed by atoms with E-state index < -0.39 is 11.7 Å². The molecule has 3 atom stereocenters. The number of methoxy groups -OCH3 is 1. The van der Waals surface area contributed by atoms with Gasteiger partial charge >= 0.3 is 0 Å². The summed E-state index contributed by atoms with van der Waals surface area (Å²) in [6, 6.07) is 6.08. The highest BCUT2D eigenvalue weighted by atomic mass is 19.1. The first-order chi connectivity index (χ1) is 16.8. The number of hydrogen-bond donors (Lipinski definition) is 0. The van der Waals surface area contributed by atoms with E-state index in [1.807, 2.05) is 19.1 Å². The molecule has 0 aromatic heterocycles. The smallest absolute Gasteiger partial charge is 0.261 e. The molecule has 1 aromatic carbocycles. The van der Waals surface area contributed by atoms with Crippen LogP contribution in [0.2, 0.25) is 0 Å². The van der Waals surface area contributed by atoms with Gasteiger partial charge in [-0.15, -0.1) is 0 Å². The number of rotatable bonds is 7. The van der Waals surface area contributed by atoms with E-state index in [0.717, 1.165) is 68.4 Å². The van der Waals surface area contributed by atoms with Gasteiger partial charge in [0.1, 0.15) is 24.4 Å². The van der Waals surface area contributed by atoms with Crippen molar-refractivity contribution in [2.45, 2.75) is 82.7 Å². The number of ether oxygens (including phenoxy) is 3. The largest absolute Gasteiger partial charge is 0.491 e. The summed E-state index contributed by atoms with van der Waals surface area (Å²) in [6.07, 6.45) is 5.35. The van der Waals surface area contributed by atoms with Crippen molar-refractivity contribution in [1.82, 2.24) is 4.90 Å². The van der Waals surface area contributed by atoms with Gasteiger partial charge in [-0.3, -0.25) is 9.69 Å². The topological polar surface area (TPSA) is 60.4 Å². The van der Waals surface area contributed by atoms with Gasteiger partial charge in [0, 0.05) is 19.1 Å². The number of amidine groups is 1. The van der Waals surface area contributed by atoms with Gasteiger partial charge in [-0.25, -0.2) is 9.38 Å². The van der Waals surface area contributed by atoms with Gasteiger partial charge in [-0.05, 0) is 87.6 Å². The molecular weight excluding hydrogens is 447 g/mol. The van der Waals surface area contributed by atoms with Crippen molar-refractivity contribution in [2.24, 2.45) is 10.4 Å². The highest BCUT2D eigenvalue weighted by Gasteiger charge is 2.66. The zero-order valence-electron chi connectivity index (χ0n) is 21.1. The summed E-state index contributed by atoms with van der Waals surface area (Å²) >= 11 is 0. The SMILES string of the molecule is C=C(C)C1=NC2(C(=O)N1CC(C)F)c1cc(OCC3CCCO3)ccc1CC21CCC(OC)CC1. The summed E-state index contributed by atoms with van der Waals surface area (Å²) < 4.78 is 31.8. The van der Waals surface area contributed by atoms with Gasteiger partial charge in [0.15, 0.2) is 5.54 Å². The first-order valence-corrected chi connectivity index (χ1v) is 12.9. The summed E-state index contributed by atoms with van der Waals surface area (Å²) in [6.45, 7) is 8.66. The lowest BCUT2D eigenvalue weighted by Gasteiger charge is -2.45. The van der Waals surface area contributed by atoms with E-state index in [1.54, 1.807) is 7.11 Å². The highest BCUT2D eigenvalue weighted by Crippen LogP contribution is 2.62. The van der Waals surface area contributed by atoms with Crippen LogP contribution < -0.4 is 4.74 Å². The van der Waals surface area contributed by atoms with Crippen LogP contribution in [0.1, 0.15) is 63.5 Å². The van der Waals surface area contributed by atoms with Crippen LogP contribution in [-0.2, 0) is 26.2 Å². The van der Waals surface area contributed by atoms with Crippen molar-refractivity contribution >= 4 is 11.7 Å². The zero-order valence-corrected chi connectivity index (χ0v) is 21.1. The molecule has 4 aliphatic rings. The minimum absolute atomic E-state index is 0.0202. The van der Waals surface area contributed by atoms with Crippen LogP contribution in [0.3, 0.4) is 0 Å². The van der Waals surface area contributed by atoms with Gasteiger partial charge in [0.05, 0.1) is 18.8 Å². The Balaban J connectivity index is 1.57. The predicted octanol–water partition coefficient (Wildman–Crippen LogP) is 4.75. The molecule has 5 rings (SSSR count). The van der Waals surface area contributed by atoms with E-state index in [0.29, 0.717) is 18.0 Å². The van der Waals surface area contributed by atoms with Crippen LogP contribution in [0.5, 0.6) is 5.75 Å². The maximum absolute atomic E-state index is 14.4. The number of hydrogen-bond acceptors (Lipinski definition) is 5. The molecule has 2 aliphatic heterocycles. The molecule has 2 fully saturated rings. The third-order valence-corrected chi connectivity index (χ3v) is 8.35. The maximum atomic E-state index is 14.4. The summed E-state index contributed by atoms with van der Waals surface area (Å²) in [5.74, 6) is 1.09. The molecule has 2 aliphatic carbocycles. The Bertz CT molecular complexity index is 1020. The predicted molar refractivity (Wildman–Crippen MR) is 133 cm³/mol. The van der Waals surface area contributed by atoms with E-state index in [1.165, 1.54) is 11.8 Å². The number of alkyl halides is 1. The van der Waals surface area contributed by atoms with Crippen molar-refractivity contribution in [2.75, 3.05) is 26.9 Å². The minimum Gasteiger partial charge on any atom is -0.491 e. The number of fused-ring (bicyclic) bond motifs is 3. The Labute approximate surface area is 207 Å². The zero-order chi connectivity index (χ0) is 24.8. The molecular formula is C28H37FN2O4. The molecule has 0 bridgehead atoms. The van der Waals surface area contributed by atoms with Crippen molar-refractivity contribution < 1.29 is 23.4 Å². The fourth-order valence-corrected chi connectivity index (χ4v) is 6.62. The molecule has 7 heteroatoms. The van der Waals surface area contributed by atoms with Gasteiger partial charge in [-0.2, -0.15) is 0 Å². The lowest BCUT2D eigenvalue weighted by Crippen LogP contribution is -2.52. The van der Waals surface area contributed by atoms with E-state index in [9.17, 15) is 9.18 Å². The summed E-state index contributed by atoms with van der Waals surface area (Å²) in [5.41, 5.74) is 1.24. The standard InChI is InChI=1S/C28H37FN2O4/c1-18(2)25-30-28(26(32)31(25)16-19(3)29)24-14-22(35-17-23-6-5-13-34-23)8-7-20(24)15-27(28)11-9-21(33-4)10-12-27/h7-8,14,19,21,23H,1,5-6,9-13,15-17H2,2-4H3. The summed E-state index contributed by atoms with van der Waals surface area (Å²) in [4.78, 5) is 21.1. The first-order valence-electron chi connectivity index (χ1n) is 12.9. The Morgan fingerprint density at radius 3 is 2.74 bits per heavy atom. The van der Waals surface area contributed by atoms with Gasteiger partial charge < -0.3 is 14.2 Å². The number of nitrogens with zero attached hydrogens (tertiary/aromatic N) is 2. The van der Waals surface area contributed by atoms with Crippen LogP contribution in [-0.4, -0.2) is 61.9 Å². The minimum atomic E-state index is -1.17. The van der Waals surface area contributed by atoms with Crippen LogP contribution in [0, 0.1) is 5.41 Å². The number of aliphatic imine (C=N–C) groups is 1. The summed E-state index contributed by atoms with van der Waals surface area (Å²) in [7, 11) is 1.75. The summed E-state index contributed by atoms with van der Waals surface area (Å²) in [5, 5.41) is 0. The molecule has 2 heterocycles. The van der Waals surface area contributed by atoms with Crippen molar-refractivity contribution in [3.63, 3.8) is 0 Å². The molecule has 3 unspecified atom stereocenters. The molecule has 0 radical (unpaired) electrons. The van der Waals surface area contributed by atoms with Crippen molar-refractivity contribution in [1.29, 1.82) is 0 Å². The molecule has 1 aromatic rings. The van der Waals surface area contributed by atoms with Crippen LogP contribution in [0.4, 0.5) is 4.39 Å². The first kappa shape index (κ1) is 24.4. The van der Waals surface area contributed by atoms with E-state index in [4.69, 9.17) is 19.2 Å². The lowest BCUT2D eigenvalue weighted by atomic mass is 9.61. The second-order valence-electron chi connectivity index (χ2n) is 10.8. The number of carbonyl (C=O) groups is 1. The number of carbonyl (C=O) groups excluding carboxylic acids is 1. The normalized spacial score (nSPS) is 32.9. The lowest BCUT2D eigenvalue weighted by molar-refractivity contribution is -0.138. The van der Waals surface area contributed by atoms with Gasteiger partial charge in [-0.1, -0.05) is 12.6 Å². The van der Waals surface area contributed by atoms with E-state index in [2.05, 4.69) is 12.6 Å². The fraction of sp³-hybridized carbons (Fsp3) is 0.643. The Hall–Kier alpha value is -2.25. The van der Waals surface area contributed by atoms with E-state index >= 15 is 0 Å². The highest BCUT2D eigenvalue weighted by molar-refractivity contribution is 6.15. The molecule has 35 heavy (non-hydrogen) atoms. The number of amides is 1. The molecule has 6 nitrogen and oxygen atoms in total. The number of halogens is 1. The molecule has 2 spiro atoms. The molecule has 1 saturated carbocycles. The van der Waals surface area contributed by atoms with Crippen LogP contribution in [0.15, 0.2) is 35.3 Å². The van der Waals surface area contributed by atoms with Gasteiger partial charge in [0.25, 0.3) is 5.91 Å². The Morgan fingerprint density at radius 1 is 1.34 bits per heavy atom. The van der Waals surface area contributed by atoms with Gasteiger partial charge in [0.2, 0.25) is 0 Å². The quantitative estimate of drug-likeness (QED) is 0.561. The van der Waals surface area contributed by atoms with E-state index in [-0.39, 0.29) is 30.1 Å². The monoisotopic (exact) mass is 484 g/mol. The molecule has 1 amide bonds. The Kier molecular flexibility index (Phi) is 6.51. The second kappa shape index (κ2) is 9.32. The van der Waals surface area contributed by atoms with Crippen molar-refractivity contribution in [3.05, 3.63) is 41.5 Å². The third-order valence-electron chi connectivity index (χ3n) is 8.35. The maximum Gasteiger partial charge on any atom is 0.261 e. The van der Waals surface area contributed by atoms with Crippen LogP contribution in [0.25, 0.3) is 0 Å². The fourth-order valence-electron chi connectivity index (χ4n) is 6.62. The Morgan fingerprint density at radius 2 is 2.11 bits per heavy atom. The average Bonchev–Trinajstić information content (AvgIpc) is 3.52. The third kappa shape index (κ3) is 4.01. The number of benzene rings is 1.